The number of carbonyl (C=O) groups excluding carboxylic acids is 1. The highest BCUT2D eigenvalue weighted by Crippen LogP contribution is 2.38. The summed E-state index contributed by atoms with van der Waals surface area (Å²) in [5.41, 5.74) is 1.74. The fourth-order valence-electron chi connectivity index (χ4n) is 2.65. The average molecular weight is 383 g/mol. The van der Waals surface area contributed by atoms with Crippen molar-refractivity contribution in [2.45, 2.75) is 19.9 Å². The van der Waals surface area contributed by atoms with Crippen LogP contribution < -0.4 is 15.0 Å². The van der Waals surface area contributed by atoms with Crippen LogP contribution in [-0.4, -0.2) is 35.7 Å². The van der Waals surface area contributed by atoms with Gasteiger partial charge < -0.3 is 9.47 Å². The quantitative estimate of drug-likeness (QED) is 0.675. The molecule has 0 unspecified atom stereocenters. The van der Waals surface area contributed by atoms with Crippen molar-refractivity contribution in [1.29, 1.82) is 0 Å². The monoisotopic (exact) mass is 383 g/mol. The van der Waals surface area contributed by atoms with E-state index in [9.17, 15) is 4.79 Å². The van der Waals surface area contributed by atoms with Gasteiger partial charge in [0.1, 0.15) is 16.2 Å². The van der Waals surface area contributed by atoms with Crippen molar-refractivity contribution in [3.63, 3.8) is 0 Å². The van der Waals surface area contributed by atoms with Gasteiger partial charge in [-0.1, -0.05) is 12.1 Å². The molecule has 0 atom stereocenters. The molecule has 0 radical (unpaired) electrons. The van der Waals surface area contributed by atoms with Crippen molar-refractivity contribution >= 4 is 17.2 Å². The maximum Gasteiger partial charge on any atom is 0.283 e. The van der Waals surface area contributed by atoms with E-state index in [1.54, 1.807) is 31.9 Å². The number of ether oxygens (including phenoxy) is 2. The minimum Gasteiger partial charge on any atom is -0.493 e. The van der Waals surface area contributed by atoms with Gasteiger partial charge >= 0.3 is 0 Å². The summed E-state index contributed by atoms with van der Waals surface area (Å²) in [6, 6.07) is 11.1. The van der Waals surface area contributed by atoms with Gasteiger partial charge in [-0.05, 0) is 38.1 Å². The lowest BCUT2D eigenvalue weighted by molar-refractivity contribution is 0.0950. The molecule has 0 bridgehead atoms. The Morgan fingerprint density at radius 1 is 1.15 bits per heavy atom. The van der Waals surface area contributed by atoms with E-state index < -0.39 is 0 Å². The maximum atomic E-state index is 13.0. The molecule has 0 amide bonds. The van der Waals surface area contributed by atoms with Crippen molar-refractivity contribution in [2.24, 2.45) is 4.99 Å². The van der Waals surface area contributed by atoms with Crippen LogP contribution in [0.5, 0.6) is 11.5 Å². The first-order valence-corrected chi connectivity index (χ1v) is 9.36. The molecule has 0 fully saturated rings. The van der Waals surface area contributed by atoms with Crippen LogP contribution in [0.1, 0.15) is 24.3 Å². The Bertz CT molecular complexity index is 1020. The molecule has 1 aromatic carbocycles. The van der Waals surface area contributed by atoms with Crippen molar-refractivity contribution < 1.29 is 14.3 Å². The van der Waals surface area contributed by atoms with Gasteiger partial charge in [0, 0.05) is 17.6 Å². The second kappa shape index (κ2) is 8.18. The first-order valence-electron chi connectivity index (χ1n) is 8.48. The van der Waals surface area contributed by atoms with E-state index in [2.05, 4.69) is 9.98 Å². The molecule has 0 aliphatic rings. The van der Waals surface area contributed by atoms with Crippen LogP contribution in [-0.2, 0) is 0 Å². The zero-order valence-electron chi connectivity index (χ0n) is 15.7. The second-order valence-corrected chi connectivity index (χ2v) is 6.89. The molecule has 2 aromatic heterocycles. The van der Waals surface area contributed by atoms with Crippen LogP contribution in [0.25, 0.3) is 10.6 Å². The Labute approximate surface area is 161 Å². The molecule has 0 spiro atoms. The van der Waals surface area contributed by atoms with E-state index in [-0.39, 0.29) is 11.9 Å². The predicted octanol–water partition coefficient (Wildman–Crippen LogP) is 3.63. The summed E-state index contributed by atoms with van der Waals surface area (Å²) in [5.74, 6) is 0.990. The summed E-state index contributed by atoms with van der Waals surface area (Å²) in [5, 5.41) is 2.43. The second-order valence-electron chi connectivity index (χ2n) is 6.04. The van der Waals surface area contributed by atoms with Crippen LogP contribution in [0.4, 0.5) is 0 Å². The molecule has 0 saturated heterocycles. The number of thiazole rings is 1. The maximum absolute atomic E-state index is 13.0. The summed E-state index contributed by atoms with van der Waals surface area (Å²) in [7, 11) is 3.17. The standard InChI is InChI=1S/C20H21N3O3S/c1-13(2)21-17-10-5-6-11-23(17)20(24)15-12-27-19(22-15)14-8-7-9-16(25-3)18(14)26-4/h5-13H,1-4H3. The number of hydrogen-bond donors (Lipinski definition) is 0. The summed E-state index contributed by atoms with van der Waals surface area (Å²) in [4.78, 5) is 22.0. The number of nitrogens with zero attached hydrogens (tertiary/aromatic N) is 3. The lowest BCUT2D eigenvalue weighted by Gasteiger charge is -2.10. The molecule has 0 N–H and O–H groups in total. The lowest BCUT2D eigenvalue weighted by atomic mass is 10.2. The number of benzene rings is 1. The minimum atomic E-state index is -0.223. The van der Waals surface area contributed by atoms with Crippen LogP contribution in [0, 0.1) is 0 Å². The van der Waals surface area contributed by atoms with Crippen molar-refractivity contribution in [1.82, 2.24) is 9.55 Å². The van der Waals surface area contributed by atoms with Crippen molar-refractivity contribution in [3.05, 3.63) is 59.2 Å². The average Bonchev–Trinajstić information content (AvgIpc) is 3.16. The first-order chi connectivity index (χ1) is 13.0. The van der Waals surface area contributed by atoms with Crippen LogP contribution in [0.2, 0.25) is 0 Å². The molecule has 0 aliphatic heterocycles. The normalized spacial score (nSPS) is 11.7. The molecule has 0 saturated carbocycles. The van der Waals surface area contributed by atoms with Gasteiger partial charge in [-0.3, -0.25) is 14.4 Å². The topological polar surface area (TPSA) is 65.7 Å². The highest BCUT2D eigenvalue weighted by Gasteiger charge is 2.18. The Balaban J connectivity index is 2.02. The van der Waals surface area contributed by atoms with E-state index in [0.717, 1.165) is 5.56 Å². The van der Waals surface area contributed by atoms with Gasteiger partial charge in [-0.25, -0.2) is 4.98 Å². The number of carbonyl (C=O) groups is 1. The molecule has 6 nitrogen and oxygen atoms in total. The zero-order chi connectivity index (χ0) is 19.4. The number of para-hydroxylation sites is 1. The van der Waals surface area contributed by atoms with Gasteiger partial charge in [0.05, 0.1) is 19.8 Å². The third-order valence-electron chi connectivity index (χ3n) is 3.80. The molecular weight excluding hydrogens is 362 g/mol. The van der Waals surface area contributed by atoms with Gasteiger partial charge in [-0.15, -0.1) is 11.3 Å². The molecule has 140 valence electrons. The number of hydrogen-bond acceptors (Lipinski definition) is 6. The van der Waals surface area contributed by atoms with E-state index in [0.29, 0.717) is 27.7 Å². The number of pyridine rings is 1. The third-order valence-corrected chi connectivity index (χ3v) is 4.68. The minimum absolute atomic E-state index is 0.0819. The van der Waals surface area contributed by atoms with Crippen molar-refractivity contribution in [2.75, 3.05) is 14.2 Å². The van der Waals surface area contributed by atoms with E-state index in [4.69, 9.17) is 9.47 Å². The molecule has 0 aliphatic carbocycles. The highest BCUT2D eigenvalue weighted by molar-refractivity contribution is 7.13. The molecule has 2 heterocycles. The summed E-state index contributed by atoms with van der Waals surface area (Å²) in [6.07, 6.45) is 1.70. The van der Waals surface area contributed by atoms with Gasteiger partial charge in [-0.2, -0.15) is 0 Å². The third kappa shape index (κ3) is 3.93. The van der Waals surface area contributed by atoms with Gasteiger partial charge in [0.2, 0.25) is 0 Å². The van der Waals surface area contributed by atoms with Gasteiger partial charge in [0.25, 0.3) is 5.91 Å². The number of methoxy groups -OCH3 is 2. The zero-order valence-corrected chi connectivity index (χ0v) is 16.5. The molecule has 3 aromatic rings. The molecule has 3 rings (SSSR count). The van der Waals surface area contributed by atoms with E-state index in [1.807, 2.05) is 44.2 Å². The Morgan fingerprint density at radius 3 is 2.67 bits per heavy atom. The first kappa shape index (κ1) is 18.8. The fourth-order valence-corrected chi connectivity index (χ4v) is 3.47. The number of aromatic nitrogens is 2. The van der Waals surface area contributed by atoms with Crippen LogP contribution in [0.15, 0.2) is 53.0 Å². The summed E-state index contributed by atoms with van der Waals surface area (Å²) >= 11 is 1.38. The SMILES string of the molecule is COc1cccc(-c2nc(C(=O)n3ccccc3=NC(C)C)cs2)c1OC. The lowest BCUT2D eigenvalue weighted by Crippen LogP contribution is -2.28. The predicted molar refractivity (Wildman–Crippen MR) is 106 cm³/mol. The fraction of sp³-hybridized carbons (Fsp3) is 0.250. The van der Waals surface area contributed by atoms with Crippen LogP contribution in [0.3, 0.4) is 0 Å². The van der Waals surface area contributed by atoms with Gasteiger partial charge in [0.15, 0.2) is 11.5 Å². The molecule has 7 heteroatoms. The van der Waals surface area contributed by atoms with Crippen LogP contribution >= 0.6 is 11.3 Å². The Kier molecular flexibility index (Phi) is 5.71. The number of rotatable bonds is 5. The summed E-state index contributed by atoms with van der Waals surface area (Å²) in [6.45, 7) is 3.94. The Morgan fingerprint density at radius 2 is 1.96 bits per heavy atom. The largest absolute Gasteiger partial charge is 0.493 e. The highest BCUT2D eigenvalue weighted by atomic mass is 32.1. The van der Waals surface area contributed by atoms with E-state index >= 15 is 0 Å². The van der Waals surface area contributed by atoms with Crippen molar-refractivity contribution in [3.8, 4) is 22.1 Å². The molecule has 27 heavy (non-hydrogen) atoms. The Hall–Kier alpha value is -2.93. The smallest absolute Gasteiger partial charge is 0.283 e. The summed E-state index contributed by atoms with van der Waals surface area (Å²) < 4.78 is 12.3. The van der Waals surface area contributed by atoms with E-state index in [1.165, 1.54) is 15.9 Å². The molecular formula is C20H21N3O3S.